The number of fused-ring (bicyclic) bond motifs is 8. The Hall–Kier alpha value is -6.44. The highest BCUT2D eigenvalue weighted by molar-refractivity contribution is 7.99. The third-order valence-corrected chi connectivity index (χ3v) is 19.2. The first-order valence-electron chi connectivity index (χ1n) is 25.4. The molecule has 392 valence electrons. The Kier molecular flexibility index (Phi) is 16.2. The highest BCUT2D eigenvalue weighted by Crippen LogP contribution is 2.55. The lowest BCUT2D eigenvalue weighted by Gasteiger charge is -2.29. The topological polar surface area (TPSA) is 162 Å². The number of aryl methyl sites for hydroxylation is 4. The van der Waals surface area contributed by atoms with Crippen LogP contribution in [0, 0.1) is 27.7 Å². The molecule has 8 aromatic carbocycles. The number of phenolic OH excluding ortho intramolecular Hbond substituents is 8. The summed E-state index contributed by atoms with van der Waals surface area (Å²) in [5.74, 6) is -3.60. The zero-order valence-electron chi connectivity index (χ0n) is 43.9. The Balaban J connectivity index is 1.31. The first-order chi connectivity index (χ1) is 36.3. The van der Waals surface area contributed by atoms with Crippen LogP contribution in [-0.4, -0.2) is 40.9 Å². The molecule has 0 aromatic heterocycles. The van der Waals surface area contributed by atoms with Crippen LogP contribution >= 0.6 is 47.0 Å². The van der Waals surface area contributed by atoms with Crippen molar-refractivity contribution in [1.29, 1.82) is 0 Å². The second-order valence-electron chi connectivity index (χ2n) is 20.2. The molecule has 0 unspecified atom stereocenters. The van der Waals surface area contributed by atoms with Crippen LogP contribution in [0.5, 0.6) is 46.0 Å². The molecule has 8 N–H and O–H groups in total. The third kappa shape index (κ3) is 10.9. The van der Waals surface area contributed by atoms with Crippen molar-refractivity contribution < 1.29 is 40.9 Å². The van der Waals surface area contributed by atoms with Gasteiger partial charge >= 0.3 is 0 Å². The first kappa shape index (κ1) is 54.4. The van der Waals surface area contributed by atoms with Gasteiger partial charge in [0, 0.05) is 133 Å². The summed E-state index contributed by atoms with van der Waals surface area (Å²) in [6, 6.07) is 38.9. The lowest BCUT2D eigenvalue weighted by molar-refractivity contribution is 0.421. The molecule has 0 fully saturated rings. The van der Waals surface area contributed by atoms with E-state index in [1.54, 1.807) is 24.3 Å². The van der Waals surface area contributed by atoms with E-state index in [2.05, 4.69) is 0 Å². The van der Waals surface area contributed by atoms with Crippen molar-refractivity contribution in [2.45, 2.75) is 122 Å². The number of phenols is 8. The SMILES string of the molecule is Cc1ccc(SCc2c(O)c3cc(c2O)C(C)c2cc(c(O)c(CSc4ccc(C)cc4)c2O)C(C)c2cc(c(O)c(CSc4ccc(C)cc4)c2O)C(C)c2cc(c(O)c(CSc4ccc(C)cc4)c2O)C3C)cc1. The lowest BCUT2D eigenvalue weighted by atomic mass is 9.78. The minimum atomic E-state index is -0.756. The third-order valence-electron chi connectivity index (χ3n) is 15.1. The standard InChI is InChI=1S/C64H64O8S4/c1-33-9-17-41(18-10-33)73-29-53-57(65)45-25-46(58(53)66)38(6)48-27-50(62(70)55(60(48)68)31-75-43-21-13-35(3)14-22-43)40(8)52-28-51(63(71)56(64(52)72)32-76-44-23-15-36(4)16-24-44)39(7)49-26-47(37(45)5)59(67)54(61(49)69)30-74-42-19-11-34(2)12-20-42/h9-28,37-40,65-72H,29-32H2,1-8H3. The summed E-state index contributed by atoms with van der Waals surface area (Å²) in [5.41, 5.74) is 8.62. The Bertz CT molecular complexity index is 2880. The summed E-state index contributed by atoms with van der Waals surface area (Å²) in [6.07, 6.45) is 0. The van der Waals surface area contributed by atoms with Gasteiger partial charge in [0.1, 0.15) is 46.0 Å². The van der Waals surface area contributed by atoms with Crippen LogP contribution < -0.4 is 0 Å². The highest BCUT2D eigenvalue weighted by atomic mass is 32.2. The van der Waals surface area contributed by atoms with Gasteiger partial charge in [0.05, 0.1) is 0 Å². The van der Waals surface area contributed by atoms with E-state index in [0.717, 1.165) is 41.8 Å². The number of benzene rings is 8. The predicted octanol–water partition coefficient (Wildman–Crippen LogP) is 16.7. The van der Waals surface area contributed by atoms with E-state index in [0.29, 0.717) is 44.5 Å². The molecule has 12 heteroatoms. The number of thioether (sulfide) groups is 4. The quantitative estimate of drug-likeness (QED) is 0.0548. The zero-order valence-corrected chi connectivity index (χ0v) is 47.2. The van der Waals surface area contributed by atoms with Crippen LogP contribution in [0.2, 0.25) is 0 Å². The largest absolute Gasteiger partial charge is 0.507 e. The minimum Gasteiger partial charge on any atom is -0.507 e. The molecular weight excluding hydrogens is 1020 g/mol. The predicted molar refractivity (Wildman–Crippen MR) is 312 cm³/mol. The maximum atomic E-state index is 12.5. The Morgan fingerprint density at radius 2 is 0.408 bits per heavy atom. The second-order valence-corrected chi connectivity index (χ2v) is 24.4. The average molecular weight is 1090 g/mol. The van der Waals surface area contributed by atoms with Crippen molar-refractivity contribution in [3.8, 4) is 46.0 Å². The van der Waals surface area contributed by atoms with Gasteiger partial charge in [-0.25, -0.2) is 0 Å². The Labute approximate surface area is 463 Å². The molecule has 9 rings (SSSR count). The van der Waals surface area contributed by atoms with Crippen LogP contribution in [0.15, 0.2) is 141 Å². The maximum Gasteiger partial charge on any atom is 0.127 e. The molecule has 0 aliphatic heterocycles. The van der Waals surface area contributed by atoms with E-state index in [-0.39, 0.29) is 91.3 Å². The lowest BCUT2D eigenvalue weighted by Crippen LogP contribution is -2.10. The molecule has 8 nitrogen and oxygen atoms in total. The molecule has 0 atom stereocenters. The minimum absolute atomic E-state index is 0.157. The van der Waals surface area contributed by atoms with Gasteiger partial charge in [-0.3, -0.25) is 0 Å². The van der Waals surface area contributed by atoms with Crippen LogP contribution in [-0.2, 0) is 23.0 Å². The van der Waals surface area contributed by atoms with Gasteiger partial charge in [-0.05, 0) is 100 Å². The van der Waals surface area contributed by atoms with Gasteiger partial charge < -0.3 is 40.9 Å². The molecule has 0 amide bonds. The normalized spacial score (nSPS) is 16.2. The second kappa shape index (κ2) is 22.6. The monoisotopic (exact) mass is 1090 g/mol. The molecule has 0 saturated heterocycles. The van der Waals surface area contributed by atoms with Gasteiger partial charge in [-0.2, -0.15) is 0 Å². The molecule has 76 heavy (non-hydrogen) atoms. The van der Waals surface area contributed by atoms with Crippen molar-refractivity contribution in [1.82, 2.24) is 0 Å². The summed E-state index contributed by atoms with van der Waals surface area (Å²) < 4.78 is 0. The highest BCUT2D eigenvalue weighted by Gasteiger charge is 2.34. The number of hydrogen-bond donors (Lipinski definition) is 8. The van der Waals surface area contributed by atoms with Crippen molar-refractivity contribution in [2.24, 2.45) is 0 Å². The van der Waals surface area contributed by atoms with Crippen molar-refractivity contribution in [3.05, 3.63) is 210 Å². The fourth-order valence-electron chi connectivity index (χ4n) is 10.1. The summed E-state index contributed by atoms with van der Waals surface area (Å²) in [5, 5.41) is 100. The average Bonchev–Trinajstić information content (AvgIpc) is 3.47. The summed E-state index contributed by atoms with van der Waals surface area (Å²) in [4.78, 5) is 3.70. The van der Waals surface area contributed by atoms with Crippen molar-refractivity contribution >= 4 is 47.0 Å². The number of hydrogen-bond acceptors (Lipinski definition) is 12. The summed E-state index contributed by atoms with van der Waals surface area (Å²) in [7, 11) is 0. The van der Waals surface area contributed by atoms with E-state index in [1.165, 1.54) is 47.0 Å². The molecule has 0 spiro atoms. The summed E-state index contributed by atoms with van der Waals surface area (Å²) >= 11 is 5.80. The molecule has 8 bridgehead atoms. The smallest absolute Gasteiger partial charge is 0.127 e. The van der Waals surface area contributed by atoms with Crippen LogP contribution in [0.3, 0.4) is 0 Å². The first-order valence-corrected chi connectivity index (χ1v) is 29.3. The van der Waals surface area contributed by atoms with E-state index in [9.17, 15) is 40.9 Å². The Morgan fingerprint density at radius 1 is 0.263 bits per heavy atom. The maximum absolute atomic E-state index is 12.5. The van der Waals surface area contributed by atoms with Crippen molar-refractivity contribution in [2.75, 3.05) is 0 Å². The van der Waals surface area contributed by atoms with Crippen LogP contribution in [0.4, 0.5) is 0 Å². The van der Waals surface area contributed by atoms with Gasteiger partial charge in [0.15, 0.2) is 0 Å². The molecule has 0 radical (unpaired) electrons. The van der Waals surface area contributed by atoms with E-state index in [4.69, 9.17) is 0 Å². The molecule has 0 heterocycles. The fraction of sp³-hybridized carbons (Fsp3) is 0.250. The molecule has 8 aromatic rings. The fourth-order valence-corrected chi connectivity index (χ4v) is 13.7. The Morgan fingerprint density at radius 3 is 0.553 bits per heavy atom. The van der Waals surface area contributed by atoms with Crippen molar-refractivity contribution in [3.63, 3.8) is 0 Å². The molecule has 0 saturated carbocycles. The molecular formula is C64H64O8S4. The molecule has 1 aliphatic rings. The zero-order chi connectivity index (χ0) is 54.3. The summed E-state index contributed by atoms with van der Waals surface area (Å²) in [6.45, 7) is 15.5. The van der Waals surface area contributed by atoms with E-state index in [1.807, 2.05) is 152 Å². The molecule has 1 aliphatic carbocycles. The van der Waals surface area contributed by atoms with Gasteiger partial charge in [0.2, 0.25) is 0 Å². The number of rotatable bonds is 12. The number of aromatic hydroxyl groups is 8. The van der Waals surface area contributed by atoms with Crippen LogP contribution in [0.1, 0.15) is 140 Å². The van der Waals surface area contributed by atoms with E-state index >= 15 is 0 Å². The van der Waals surface area contributed by atoms with Crippen LogP contribution in [0.25, 0.3) is 0 Å². The van der Waals surface area contributed by atoms with Gasteiger partial charge in [-0.15, -0.1) is 47.0 Å². The van der Waals surface area contributed by atoms with E-state index < -0.39 is 23.7 Å². The van der Waals surface area contributed by atoms with Gasteiger partial charge in [0.25, 0.3) is 0 Å². The van der Waals surface area contributed by atoms with Gasteiger partial charge in [-0.1, -0.05) is 98.5 Å².